The van der Waals surface area contributed by atoms with Crippen LogP contribution in [-0.4, -0.2) is 72.7 Å². The van der Waals surface area contributed by atoms with Crippen molar-refractivity contribution in [2.75, 3.05) is 26.2 Å². The van der Waals surface area contributed by atoms with Crippen LogP contribution in [0.2, 0.25) is 5.02 Å². The van der Waals surface area contributed by atoms with Gasteiger partial charge in [-0.1, -0.05) is 11.6 Å². The number of nitrogens with one attached hydrogen (secondary N) is 1. The monoisotopic (exact) mass is 518 g/mol. The number of likely N-dealkylation sites (tertiary alicyclic amines) is 2. The maximum atomic E-state index is 13.5. The second kappa shape index (κ2) is 9.25. The first-order chi connectivity index (χ1) is 18.0. The molecule has 0 atom stereocenters. The van der Waals surface area contributed by atoms with Gasteiger partial charge in [0.15, 0.2) is 0 Å². The third-order valence-electron chi connectivity index (χ3n) is 7.53. The number of H-pyrrole nitrogens is 1. The highest BCUT2D eigenvalue weighted by Crippen LogP contribution is 2.37. The summed E-state index contributed by atoms with van der Waals surface area (Å²) in [6.07, 6.45) is 9.16. The third-order valence-corrected chi connectivity index (χ3v) is 7.82. The predicted molar refractivity (Wildman–Crippen MR) is 135 cm³/mol. The molecule has 37 heavy (non-hydrogen) atoms. The van der Waals surface area contributed by atoms with Gasteiger partial charge in [0.25, 0.3) is 5.91 Å². The topological polar surface area (TPSA) is 107 Å². The summed E-state index contributed by atoms with van der Waals surface area (Å²) in [6.45, 7) is 2.67. The average molecular weight is 519 g/mol. The standard InChI is InChI=1S/C26H24ClFN8O/c27-21-11-17(1-2-22(21)28)25(37)34-9-4-19(5-10-34)35-14-26(15-35,6-7-29)36-13-18(12-33-36)23-20-3-8-30-24(20)32-16-31-23/h1-3,8,11-13,16,19H,4-6,9-10,14-15H2,(H,30,31,32). The summed E-state index contributed by atoms with van der Waals surface area (Å²) in [5.74, 6) is -0.664. The summed E-state index contributed by atoms with van der Waals surface area (Å²) in [5, 5.41) is 15.1. The lowest BCUT2D eigenvalue weighted by atomic mass is 9.83. The molecule has 188 valence electrons. The maximum Gasteiger partial charge on any atom is 0.253 e. The van der Waals surface area contributed by atoms with Gasteiger partial charge in [-0.15, -0.1) is 0 Å². The van der Waals surface area contributed by atoms with Gasteiger partial charge in [-0.05, 0) is 37.1 Å². The zero-order chi connectivity index (χ0) is 25.6. The van der Waals surface area contributed by atoms with Crippen molar-refractivity contribution in [2.24, 2.45) is 0 Å². The molecule has 2 aliphatic rings. The molecular weight excluding hydrogens is 495 g/mol. The number of carbonyl (C=O) groups excluding carboxylic acids is 1. The summed E-state index contributed by atoms with van der Waals surface area (Å²) >= 11 is 5.86. The number of rotatable bonds is 5. The summed E-state index contributed by atoms with van der Waals surface area (Å²) in [6, 6.07) is 8.70. The van der Waals surface area contributed by atoms with E-state index < -0.39 is 11.4 Å². The molecule has 11 heteroatoms. The lowest BCUT2D eigenvalue weighted by Gasteiger charge is -2.53. The molecule has 1 amide bonds. The van der Waals surface area contributed by atoms with E-state index in [-0.39, 0.29) is 10.9 Å². The van der Waals surface area contributed by atoms with Crippen LogP contribution in [0.5, 0.6) is 0 Å². The Bertz CT molecular complexity index is 1510. The van der Waals surface area contributed by atoms with Gasteiger partial charge in [-0.25, -0.2) is 14.4 Å². The van der Waals surface area contributed by atoms with Crippen LogP contribution in [0.3, 0.4) is 0 Å². The highest BCUT2D eigenvalue weighted by molar-refractivity contribution is 6.31. The molecule has 0 bridgehead atoms. The molecule has 0 unspecified atom stereocenters. The van der Waals surface area contributed by atoms with Crippen LogP contribution < -0.4 is 0 Å². The number of aromatic nitrogens is 5. The minimum atomic E-state index is -0.533. The van der Waals surface area contributed by atoms with Crippen molar-refractivity contribution in [3.05, 3.63) is 65.6 Å². The molecule has 9 nitrogen and oxygen atoms in total. The van der Waals surface area contributed by atoms with Gasteiger partial charge in [0.2, 0.25) is 0 Å². The highest BCUT2D eigenvalue weighted by atomic mass is 35.5. The Balaban J connectivity index is 1.12. The number of benzene rings is 1. The fraction of sp³-hybridized carbons (Fsp3) is 0.346. The van der Waals surface area contributed by atoms with Crippen LogP contribution in [-0.2, 0) is 5.54 Å². The van der Waals surface area contributed by atoms with Crippen LogP contribution in [0.4, 0.5) is 4.39 Å². The van der Waals surface area contributed by atoms with Crippen LogP contribution in [0.1, 0.15) is 29.6 Å². The number of nitriles is 1. The number of piperidine rings is 1. The van der Waals surface area contributed by atoms with Crippen molar-refractivity contribution in [1.29, 1.82) is 5.26 Å². The molecule has 2 saturated heterocycles. The minimum absolute atomic E-state index is 0.0471. The predicted octanol–water partition coefficient (Wildman–Crippen LogP) is 3.84. The van der Waals surface area contributed by atoms with E-state index in [0.717, 1.165) is 48.2 Å². The van der Waals surface area contributed by atoms with Crippen LogP contribution >= 0.6 is 11.6 Å². The summed E-state index contributed by atoms with van der Waals surface area (Å²) in [5.41, 5.74) is 2.47. The Morgan fingerprint density at radius 1 is 1.24 bits per heavy atom. The Morgan fingerprint density at radius 2 is 2.05 bits per heavy atom. The summed E-state index contributed by atoms with van der Waals surface area (Å²) in [4.78, 5) is 28.8. The number of aromatic amines is 1. The molecule has 3 aromatic heterocycles. The zero-order valence-electron chi connectivity index (χ0n) is 19.9. The van der Waals surface area contributed by atoms with Crippen molar-refractivity contribution in [2.45, 2.75) is 30.8 Å². The smallest absolute Gasteiger partial charge is 0.253 e. The van der Waals surface area contributed by atoms with Gasteiger partial charge in [0.05, 0.1) is 29.4 Å². The fourth-order valence-corrected chi connectivity index (χ4v) is 5.69. The number of carbonyl (C=O) groups is 1. The molecule has 2 aliphatic heterocycles. The molecule has 0 radical (unpaired) electrons. The van der Waals surface area contributed by atoms with Crippen molar-refractivity contribution in [3.63, 3.8) is 0 Å². The number of fused-ring (bicyclic) bond motifs is 1. The Morgan fingerprint density at radius 3 is 2.81 bits per heavy atom. The van der Waals surface area contributed by atoms with Gasteiger partial charge in [0.1, 0.15) is 23.3 Å². The quantitative estimate of drug-likeness (QED) is 0.430. The first-order valence-electron chi connectivity index (χ1n) is 12.2. The number of amides is 1. The van der Waals surface area contributed by atoms with E-state index in [1.54, 1.807) is 11.1 Å². The van der Waals surface area contributed by atoms with Gasteiger partial charge < -0.3 is 9.88 Å². The van der Waals surface area contributed by atoms with E-state index >= 15 is 0 Å². The van der Waals surface area contributed by atoms with E-state index in [9.17, 15) is 14.4 Å². The second-order valence-electron chi connectivity index (χ2n) is 9.75. The number of halogens is 2. The zero-order valence-corrected chi connectivity index (χ0v) is 20.7. The summed E-state index contributed by atoms with van der Waals surface area (Å²) < 4.78 is 15.4. The Kier molecular flexibility index (Phi) is 5.89. The summed E-state index contributed by atoms with van der Waals surface area (Å²) in [7, 11) is 0. The van der Waals surface area contributed by atoms with Gasteiger partial charge in [-0.2, -0.15) is 10.4 Å². The molecule has 0 aliphatic carbocycles. The first kappa shape index (κ1) is 23.6. The third kappa shape index (κ3) is 4.14. The normalized spacial score (nSPS) is 18.0. The molecule has 0 saturated carbocycles. The largest absolute Gasteiger partial charge is 0.346 e. The van der Waals surface area contributed by atoms with E-state index in [0.29, 0.717) is 31.1 Å². The number of hydrogen-bond acceptors (Lipinski definition) is 6. The molecule has 1 N–H and O–H groups in total. The molecule has 6 rings (SSSR count). The van der Waals surface area contributed by atoms with Crippen molar-refractivity contribution in [1.82, 2.24) is 34.5 Å². The van der Waals surface area contributed by atoms with Gasteiger partial charge >= 0.3 is 0 Å². The SMILES string of the molecule is N#CCC1(n2cc(-c3ncnc4[nH]ccc34)cn2)CN(C2CCN(C(=O)c3ccc(F)c(Cl)c3)CC2)C1. The van der Waals surface area contributed by atoms with E-state index in [2.05, 4.69) is 31.0 Å². The average Bonchev–Trinajstić information content (AvgIpc) is 3.57. The van der Waals surface area contributed by atoms with Gasteiger partial charge in [-0.3, -0.25) is 14.4 Å². The Labute approximate surface area is 217 Å². The number of nitrogens with zero attached hydrogens (tertiary/aromatic N) is 7. The number of hydrogen-bond donors (Lipinski definition) is 1. The Hall–Kier alpha value is -3.81. The fourth-order valence-electron chi connectivity index (χ4n) is 5.51. The van der Waals surface area contributed by atoms with E-state index in [4.69, 9.17) is 11.6 Å². The molecule has 1 aromatic carbocycles. The maximum absolute atomic E-state index is 13.5. The highest BCUT2D eigenvalue weighted by Gasteiger charge is 2.48. The van der Waals surface area contributed by atoms with Crippen LogP contribution in [0, 0.1) is 17.1 Å². The molecule has 4 aromatic rings. The van der Waals surface area contributed by atoms with Crippen molar-refractivity contribution >= 4 is 28.5 Å². The van der Waals surface area contributed by atoms with Crippen molar-refractivity contribution < 1.29 is 9.18 Å². The van der Waals surface area contributed by atoms with E-state index in [1.807, 2.05) is 23.1 Å². The van der Waals surface area contributed by atoms with Gasteiger partial charge in [0, 0.05) is 61.1 Å². The lowest BCUT2D eigenvalue weighted by Crippen LogP contribution is -2.66. The van der Waals surface area contributed by atoms with Crippen LogP contribution in [0.25, 0.3) is 22.3 Å². The first-order valence-corrected chi connectivity index (χ1v) is 12.5. The molecule has 2 fully saturated rings. The van der Waals surface area contributed by atoms with Crippen LogP contribution in [0.15, 0.2) is 49.2 Å². The van der Waals surface area contributed by atoms with Crippen molar-refractivity contribution in [3.8, 4) is 17.3 Å². The lowest BCUT2D eigenvalue weighted by molar-refractivity contribution is -0.0412. The van der Waals surface area contributed by atoms with E-state index in [1.165, 1.54) is 24.5 Å². The molecule has 0 spiro atoms. The second-order valence-corrected chi connectivity index (χ2v) is 10.2. The molecule has 5 heterocycles. The minimum Gasteiger partial charge on any atom is -0.346 e. The molecular formula is C26H24ClFN8O.